The zero-order chi connectivity index (χ0) is 25.4. The van der Waals surface area contributed by atoms with Crippen molar-refractivity contribution in [3.05, 3.63) is 89.5 Å². The Kier molecular flexibility index (Phi) is 10.8. The van der Waals surface area contributed by atoms with E-state index in [1.165, 1.54) is 0 Å². The Morgan fingerprint density at radius 1 is 0.778 bits per heavy atom. The Bertz CT molecular complexity index is 1150. The summed E-state index contributed by atoms with van der Waals surface area (Å²) in [6.45, 7) is 1.69. The second-order valence-corrected chi connectivity index (χ2v) is 7.98. The van der Waals surface area contributed by atoms with E-state index in [1.54, 1.807) is 38.8 Å². The maximum Gasteiger partial charge on any atom is 0.271 e. The molecule has 3 aromatic rings. The lowest BCUT2D eigenvalue weighted by molar-refractivity contribution is 0.0955. The standard InChI is InChI=1S/C28H33N5O3/c1-35-26-10-6-8-22(18-26)20-31-30-17-5-3-4-16-29-25-14-12-24(13-15-25)28(34)33-32-21-23-9-7-11-27(19-23)36-2/h6-15,18-21,29-30H,3-5,16-17H2,1-2H3,(H,33,34). The molecule has 0 saturated heterocycles. The Labute approximate surface area is 212 Å². The molecule has 36 heavy (non-hydrogen) atoms. The van der Waals surface area contributed by atoms with E-state index in [1.807, 2.05) is 60.7 Å². The summed E-state index contributed by atoms with van der Waals surface area (Å²) in [6, 6.07) is 22.6. The molecule has 3 N–H and O–H groups in total. The van der Waals surface area contributed by atoms with Crippen LogP contribution in [0.4, 0.5) is 5.69 Å². The lowest BCUT2D eigenvalue weighted by Gasteiger charge is -2.07. The van der Waals surface area contributed by atoms with E-state index >= 15 is 0 Å². The molecule has 0 atom stereocenters. The van der Waals surface area contributed by atoms with Crippen molar-refractivity contribution in [1.29, 1.82) is 0 Å². The Morgan fingerprint density at radius 3 is 2.03 bits per heavy atom. The van der Waals surface area contributed by atoms with Gasteiger partial charge in [0.25, 0.3) is 5.91 Å². The van der Waals surface area contributed by atoms with Crippen LogP contribution < -0.4 is 25.6 Å². The van der Waals surface area contributed by atoms with Crippen LogP contribution in [0.25, 0.3) is 0 Å². The first-order chi connectivity index (χ1) is 17.7. The number of ether oxygens (including phenoxy) is 2. The summed E-state index contributed by atoms with van der Waals surface area (Å²) >= 11 is 0. The molecule has 8 heteroatoms. The highest BCUT2D eigenvalue weighted by Crippen LogP contribution is 2.12. The van der Waals surface area contributed by atoms with Gasteiger partial charge in [0.15, 0.2) is 0 Å². The minimum atomic E-state index is -0.262. The zero-order valence-electron chi connectivity index (χ0n) is 20.7. The third-order valence-corrected chi connectivity index (χ3v) is 5.31. The molecule has 0 spiro atoms. The minimum Gasteiger partial charge on any atom is -0.497 e. The van der Waals surface area contributed by atoms with Crippen LogP contribution in [0.1, 0.15) is 40.7 Å². The van der Waals surface area contributed by atoms with Crippen LogP contribution >= 0.6 is 0 Å². The maximum atomic E-state index is 12.3. The van der Waals surface area contributed by atoms with E-state index < -0.39 is 0 Å². The summed E-state index contributed by atoms with van der Waals surface area (Å²) in [5, 5.41) is 11.7. The van der Waals surface area contributed by atoms with Gasteiger partial charge >= 0.3 is 0 Å². The fourth-order valence-corrected chi connectivity index (χ4v) is 3.34. The lowest BCUT2D eigenvalue weighted by Crippen LogP contribution is -2.17. The topological polar surface area (TPSA) is 96.3 Å². The van der Waals surface area contributed by atoms with Crippen molar-refractivity contribution >= 4 is 24.0 Å². The van der Waals surface area contributed by atoms with Crippen LogP contribution in [-0.2, 0) is 0 Å². The van der Waals surface area contributed by atoms with Gasteiger partial charge in [0.2, 0.25) is 0 Å². The third-order valence-electron chi connectivity index (χ3n) is 5.31. The molecule has 0 saturated carbocycles. The summed E-state index contributed by atoms with van der Waals surface area (Å²) in [6.07, 6.45) is 6.54. The van der Waals surface area contributed by atoms with E-state index in [0.717, 1.165) is 60.7 Å². The van der Waals surface area contributed by atoms with Crippen LogP contribution in [0.5, 0.6) is 11.5 Å². The van der Waals surface area contributed by atoms with Crippen LogP contribution in [0, 0.1) is 0 Å². The molecule has 0 aliphatic carbocycles. The minimum absolute atomic E-state index is 0.262. The van der Waals surface area contributed by atoms with Crippen LogP contribution in [-0.4, -0.2) is 45.6 Å². The van der Waals surface area contributed by atoms with Gasteiger partial charge in [-0.2, -0.15) is 10.2 Å². The Hall–Kier alpha value is -4.33. The molecule has 0 fully saturated rings. The average molecular weight is 488 g/mol. The maximum absolute atomic E-state index is 12.3. The predicted octanol–water partition coefficient (Wildman–Crippen LogP) is 4.67. The molecule has 0 heterocycles. The lowest BCUT2D eigenvalue weighted by atomic mass is 10.2. The van der Waals surface area contributed by atoms with Crippen molar-refractivity contribution in [2.75, 3.05) is 32.6 Å². The predicted molar refractivity (Wildman–Crippen MR) is 145 cm³/mol. The molecular weight excluding hydrogens is 454 g/mol. The van der Waals surface area contributed by atoms with Crippen LogP contribution in [0.3, 0.4) is 0 Å². The molecule has 0 aromatic heterocycles. The van der Waals surface area contributed by atoms with Gasteiger partial charge in [-0.15, -0.1) is 0 Å². The number of rotatable bonds is 14. The molecule has 1 amide bonds. The van der Waals surface area contributed by atoms with Gasteiger partial charge in [0.1, 0.15) is 11.5 Å². The summed E-state index contributed by atoms with van der Waals surface area (Å²) in [5.41, 5.74) is 8.99. The molecule has 3 aromatic carbocycles. The van der Waals surface area contributed by atoms with Gasteiger partial charge in [-0.1, -0.05) is 24.3 Å². The number of amides is 1. The van der Waals surface area contributed by atoms with E-state index in [0.29, 0.717) is 5.56 Å². The summed E-state index contributed by atoms with van der Waals surface area (Å²) in [5.74, 6) is 1.29. The van der Waals surface area contributed by atoms with Gasteiger partial charge < -0.3 is 20.2 Å². The fraction of sp³-hybridized carbons (Fsp3) is 0.250. The number of methoxy groups -OCH3 is 2. The number of nitrogens with zero attached hydrogens (tertiary/aromatic N) is 2. The highest BCUT2D eigenvalue weighted by molar-refractivity contribution is 5.95. The summed E-state index contributed by atoms with van der Waals surface area (Å²) in [7, 11) is 3.26. The van der Waals surface area contributed by atoms with Crippen molar-refractivity contribution in [3.63, 3.8) is 0 Å². The van der Waals surface area contributed by atoms with Gasteiger partial charge in [-0.05, 0) is 78.9 Å². The number of hydrazone groups is 2. The number of carbonyl (C=O) groups excluding carboxylic acids is 1. The molecular formula is C28H33N5O3. The average Bonchev–Trinajstić information content (AvgIpc) is 2.92. The van der Waals surface area contributed by atoms with Crippen molar-refractivity contribution in [2.45, 2.75) is 19.3 Å². The number of benzene rings is 3. The van der Waals surface area contributed by atoms with Gasteiger partial charge in [-0.25, -0.2) is 5.43 Å². The largest absolute Gasteiger partial charge is 0.497 e. The van der Waals surface area contributed by atoms with Crippen molar-refractivity contribution in [1.82, 2.24) is 10.9 Å². The first kappa shape index (κ1) is 26.3. The van der Waals surface area contributed by atoms with E-state index in [9.17, 15) is 4.79 Å². The van der Waals surface area contributed by atoms with E-state index in [2.05, 4.69) is 26.4 Å². The molecule has 0 unspecified atom stereocenters. The van der Waals surface area contributed by atoms with E-state index in [4.69, 9.17) is 9.47 Å². The number of anilines is 1. The highest BCUT2D eigenvalue weighted by Gasteiger charge is 2.04. The molecule has 0 radical (unpaired) electrons. The van der Waals surface area contributed by atoms with Crippen molar-refractivity contribution in [2.24, 2.45) is 10.2 Å². The third kappa shape index (κ3) is 9.13. The molecule has 8 nitrogen and oxygen atoms in total. The highest BCUT2D eigenvalue weighted by atomic mass is 16.5. The SMILES string of the molecule is COc1cccc(C=NNCCCCCNc2ccc(C(=O)NN=Cc3cccc(OC)c3)cc2)c1. The first-order valence-electron chi connectivity index (χ1n) is 11.9. The second kappa shape index (κ2) is 14.8. The molecule has 0 aliphatic heterocycles. The number of nitrogens with one attached hydrogen (secondary N) is 3. The fourth-order valence-electron chi connectivity index (χ4n) is 3.34. The molecule has 0 bridgehead atoms. The molecule has 188 valence electrons. The summed E-state index contributed by atoms with van der Waals surface area (Å²) < 4.78 is 10.4. The summed E-state index contributed by atoms with van der Waals surface area (Å²) in [4.78, 5) is 12.3. The molecule has 3 rings (SSSR count). The van der Waals surface area contributed by atoms with E-state index in [-0.39, 0.29) is 5.91 Å². The quantitative estimate of drug-likeness (QED) is 0.174. The van der Waals surface area contributed by atoms with Crippen molar-refractivity contribution in [3.8, 4) is 11.5 Å². The monoisotopic (exact) mass is 487 g/mol. The van der Waals surface area contributed by atoms with Crippen LogP contribution in [0.2, 0.25) is 0 Å². The second-order valence-electron chi connectivity index (χ2n) is 7.98. The molecule has 0 aliphatic rings. The number of unbranched alkanes of at least 4 members (excludes halogenated alkanes) is 2. The number of hydrogen-bond donors (Lipinski definition) is 3. The number of hydrogen-bond acceptors (Lipinski definition) is 7. The first-order valence-corrected chi connectivity index (χ1v) is 11.9. The van der Waals surface area contributed by atoms with Crippen LogP contribution in [0.15, 0.2) is 83.0 Å². The smallest absolute Gasteiger partial charge is 0.271 e. The number of carbonyl (C=O) groups is 1. The normalized spacial score (nSPS) is 10.9. The Balaban J connectivity index is 1.28. The zero-order valence-corrected chi connectivity index (χ0v) is 20.7. The van der Waals surface area contributed by atoms with Gasteiger partial charge in [-0.3, -0.25) is 4.79 Å². The Morgan fingerprint density at radius 2 is 1.39 bits per heavy atom. The van der Waals surface area contributed by atoms with Gasteiger partial charge in [0.05, 0.1) is 26.6 Å². The van der Waals surface area contributed by atoms with Crippen molar-refractivity contribution < 1.29 is 14.3 Å². The van der Waals surface area contributed by atoms with Gasteiger partial charge in [0, 0.05) is 24.3 Å².